The number of aliphatic hydroxyl groups excluding tert-OH is 5. The third kappa shape index (κ3) is 6.98. The summed E-state index contributed by atoms with van der Waals surface area (Å²) in [5.74, 6) is -1.04. The monoisotopic (exact) mass is 510 g/mol. The highest BCUT2D eigenvalue weighted by molar-refractivity contribution is 5.41. The molecule has 200 valence electrons. The van der Waals surface area contributed by atoms with Crippen LogP contribution in [0.4, 0.5) is 0 Å². The van der Waals surface area contributed by atoms with Crippen LogP contribution in [0.25, 0.3) is 0 Å². The van der Waals surface area contributed by atoms with Crippen LogP contribution in [0, 0.1) is 0 Å². The highest BCUT2D eigenvalue weighted by atomic mass is 16.7. The van der Waals surface area contributed by atoms with Crippen molar-refractivity contribution in [1.29, 1.82) is 0 Å². The van der Waals surface area contributed by atoms with Crippen LogP contribution in [-0.4, -0.2) is 95.5 Å². The van der Waals surface area contributed by atoms with Gasteiger partial charge in [-0.05, 0) is 67.5 Å². The highest BCUT2D eigenvalue weighted by Gasteiger charge is 2.45. The van der Waals surface area contributed by atoms with Gasteiger partial charge in [0, 0.05) is 0 Å². The van der Waals surface area contributed by atoms with Gasteiger partial charge in [0.25, 0.3) is 0 Å². The molecule has 0 saturated carbocycles. The fourth-order valence-electron chi connectivity index (χ4n) is 4.16. The zero-order valence-corrected chi connectivity index (χ0v) is 19.6. The molecule has 0 radical (unpaired) electrons. The third-order valence-electron chi connectivity index (χ3n) is 6.35. The lowest BCUT2D eigenvalue weighted by Crippen LogP contribution is -2.60. The summed E-state index contributed by atoms with van der Waals surface area (Å²) in [6.45, 7) is -0.621. The van der Waals surface area contributed by atoms with Gasteiger partial charge in [0.15, 0.2) is 29.3 Å². The van der Waals surface area contributed by atoms with Crippen molar-refractivity contribution in [3.8, 4) is 23.0 Å². The maximum absolute atomic E-state index is 10.9. The summed E-state index contributed by atoms with van der Waals surface area (Å²) >= 11 is 0. The van der Waals surface area contributed by atoms with E-state index in [9.17, 15) is 46.0 Å². The Morgan fingerprint density at radius 2 is 1.33 bits per heavy atom. The lowest BCUT2D eigenvalue weighted by molar-refractivity contribution is -0.317. The molecule has 2 aromatic carbocycles. The Morgan fingerprint density at radius 3 is 1.89 bits per heavy atom. The molecule has 11 heteroatoms. The molecule has 11 nitrogen and oxygen atoms in total. The number of aliphatic hydroxyl groups is 5. The van der Waals surface area contributed by atoms with Crippen LogP contribution in [0.15, 0.2) is 36.4 Å². The van der Waals surface area contributed by atoms with Gasteiger partial charge in [-0.1, -0.05) is 12.1 Å². The SMILES string of the molecule is OC[C@H]1O[C@@H](OC(CCc2ccc(O)c(O)c2)C(O)CCCc2ccc(O)c(O)c2)[C@H](O)[C@@H](O)[C@@H]1O. The summed E-state index contributed by atoms with van der Waals surface area (Å²) in [6, 6.07) is 8.77. The quantitative estimate of drug-likeness (QED) is 0.184. The second-order valence-corrected chi connectivity index (χ2v) is 9.02. The molecule has 1 fully saturated rings. The molecule has 0 amide bonds. The number of ether oxygens (including phenoxy) is 2. The van der Waals surface area contributed by atoms with E-state index in [1.54, 1.807) is 12.1 Å². The van der Waals surface area contributed by atoms with Crippen molar-refractivity contribution < 1.29 is 55.4 Å². The van der Waals surface area contributed by atoms with Crippen LogP contribution in [0.5, 0.6) is 23.0 Å². The predicted molar refractivity (Wildman–Crippen MR) is 125 cm³/mol. The summed E-state index contributed by atoms with van der Waals surface area (Å²) in [5, 5.41) is 89.1. The molecule has 0 aliphatic carbocycles. The molecule has 0 aromatic heterocycles. The van der Waals surface area contributed by atoms with E-state index in [0.717, 1.165) is 5.56 Å². The Labute approximate surface area is 208 Å². The number of aromatic hydroxyl groups is 4. The summed E-state index contributed by atoms with van der Waals surface area (Å²) < 4.78 is 11.3. The van der Waals surface area contributed by atoms with Crippen LogP contribution in [0.2, 0.25) is 0 Å². The first kappa shape index (κ1) is 27.9. The topological polar surface area (TPSA) is 201 Å². The molecule has 1 aliphatic heterocycles. The number of benzene rings is 2. The van der Waals surface area contributed by atoms with E-state index in [-0.39, 0.29) is 35.8 Å². The van der Waals surface area contributed by atoms with Gasteiger partial charge in [0.2, 0.25) is 0 Å². The van der Waals surface area contributed by atoms with Gasteiger partial charge < -0.3 is 55.4 Å². The minimum Gasteiger partial charge on any atom is -0.504 e. The van der Waals surface area contributed by atoms with Gasteiger partial charge in [-0.2, -0.15) is 0 Å². The highest BCUT2D eigenvalue weighted by Crippen LogP contribution is 2.29. The maximum Gasteiger partial charge on any atom is 0.187 e. The standard InChI is InChI=1S/C25H34O11/c26-12-21-22(32)23(33)24(34)25(36-21)35-20(9-6-14-5-8-16(28)19(31)11-14)17(29)3-1-2-13-4-7-15(27)18(30)10-13/h4-5,7-8,10-11,17,20-34H,1-3,6,9,12H2/t17?,20?,21-,22-,23+,24-,25-/m1/s1. The zero-order valence-electron chi connectivity index (χ0n) is 19.6. The second kappa shape index (κ2) is 12.5. The summed E-state index contributed by atoms with van der Waals surface area (Å²) in [6.07, 6.45) is -7.60. The van der Waals surface area contributed by atoms with E-state index in [2.05, 4.69) is 0 Å². The maximum atomic E-state index is 10.9. The number of hydrogen-bond donors (Lipinski definition) is 9. The van der Waals surface area contributed by atoms with E-state index in [4.69, 9.17) is 9.47 Å². The van der Waals surface area contributed by atoms with Gasteiger partial charge in [0.1, 0.15) is 24.4 Å². The van der Waals surface area contributed by atoms with Crippen LogP contribution in [-0.2, 0) is 22.3 Å². The third-order valence-corrected chi connectivity index (χ3v) is 6.35. The smallest absolute Gasteiger partial charge is 0.187 e. The fourth-order valence-corrected chi connectivity index (χ4v) is 4.16. The van der Waals surface area contributed by atoms with Gasteiger partial charge in [-0.3, -0.25) is 0 Å². The zero-order chi connectivity index (χ0) is 26.4. The molecule has 1 aliphatic rings. The minimum absolute atomic E-state index is 0.209. The lowest BCUT2D eigenvalue weighted by Gasteiger charge is -2.41. The van der Waals surface area contributed by atoms with E-state index >= 15 is 0 Å². The van der Waals surface area contributed by atoms with Crippen LogP contribution < -0.4 is 0 Å². The molecule has 36 heavy (non-hydrogen) atoms. The first-order valence-corrected chi connectivity index (χ1v) is 11.8. The molecule has 2 aromatic rings. The number of phenolic OH excluding ortho intramolecular Hbond substituents is 4. The Morgan fingerprint density at radius 1 is 0.750 bits per heavy atom. The number of hydrogen-bond acceptors (Lipinski definition) is 11. The van der Waals surface area contributed by atoms with Crippen molar-refractivity contribution in [1.82, 2.24) is 0 Å². The van der Waals surface area contributed by atoms with Crippen LogP contribution >= 0.6 is 0 Å². The van der Waals surface area contributed by atoms with E-state index in [1.807, 2.05) is 0 Å². The van der Waals surface area contributed by atoms with E-state index in [1.165, 1.54) is 24.3 Å². The van der Waals surface area contributed by atoms with Crippen LogP contribution in [0.3, 0.4) is 0 Å². The Kier molecular flexibility index (Phi) is 9.74. The Bertz CT molecular complexity index is 982. The molecular formula is C25H34O11. The van der Waals surface area contributed by atoms with Crippen LogP contribution in [0.1, 0.15) is 30.4 Å². The summed E-state index contributed by atoms with van der Waals surface area (Å²) in [7, 11) is 0. The molecule has 3 rings (SSSR count). The Hall–Kier alpha value is -2.64. The molecule has 0 spiro atoms. The normalized spacial score (nSPS) is 26.0. The predicted octanol–water partition coefficient (Wildman–Crippen LogP) is 0.0105. The second-order valence-electron chi connectivity index (χ2n) is 9.02. The summed E-state index contributed by atoms with van der Waals surface area (Å²) in [5.41, 5.74) is 1.41. The van der Waals surface area contributed by atoms with Crippen molar-refractivity contribution in [3.63, 3.8) is 0 Å². The first-order valence-electron chi connectivity index (χ1n) is 11.8. The lowest BCUT2D eigenvalue weighted by atomic mass is 9.97. The molecule has 2 unspecified atom stereocenters. The van der Waals surface area contributed by atoms with E-state index in [0.29, 0.717) is 24.8 Å². The van der Waals surface area contributed by atoms with Crippen molar-refractivity contribution in [2.75, 3.05) is 6.61 Å². The fraction of sp³-hybridized carbons (Fsp3) is 0.520. The Balaban J connectivity index is 1.68. The molecule has 7 atom stereocenters. The van der Waals surface area contributed by atoms with E-state index < -0.39 is 49.5 Å². The van der Waals surface area contributed by atoms with Gasteiger partial charge >= 0.3 is 0 Å². The summed E-state index contributed by atoms with van der Waals surface area (Å²) in [4.78, 5) is 0. The van der Waals surface area contributed by atoms with Gasteiger partial charge in [-0.15, -0.1) is 0 Å². The average molecular weight is 511 g/mol. The number of rotatable bonds is 11. The molecule has 1 saturated heterocycles. The van der Waals surface area contributed by atoms with Crippen molar-refractivity contribution >= 4 is 0 Å². The van der Waals surface area contributed by atoms with Gasteiger partial charge in [-0.25, -0.2) is 0 Å². The minimum atomic E-state index is -1.63. The largest absolute Gasteiger partial charge is 0.504 e. The van der Waals surface area contributed by atoms with Crippen molar-refractivity contribution in [3.05, 3.63) is 47.5 Å². The van der Waals surface area contributed by atoms with Crippen molar-refractivity contribution in [2.45, 2.75) is 75.0 Å². The number of phenols is 4. The molecule has 1 heterocycles. The molecule has 9 N–H and O–H groups in total. The van der Waals surface area contributed by atoms with Gasteiger partial charge in [0.05, 0.1) is 18.8 Å². The number of aryl methyl sites for hydroxylation is 2. The molecular weight excluding hydrogens is 476 g/mol. The first-order chi connectivity index (χ1) is 17.1. The average Bonchev–Trinajstić information content (AvgIpc) is 2.85. The van der Waals surface area contributed by atoms with Crippen molar-refractivity contribution in [2.24, 2.45) is 0 Å². The molecule has 0 bridgehead atoms.